The molecule has 0 saturated carbocycles. The fourth-order valence-electron chi connectivity index (χ4n) is 1.82. The molecule has 0 atom stereocenters. The van der Waals surface area contributed by atoms with Crippen LogP contribution in [0.4, 0.5) is 0 Å². The van der Waals surface area contributed by atoms with Gasteiger partial charge < -0.3 is 5.32 Å². The minimum Gasteiger partial charge on any atom is -0.315 e. The molecule has 0 bridgehead atoms. The Morgan fingerprint density at radius 2 is 1.71 bits per heavy atom. The van der Waals surface area contributed by atoms with Gasteiger partial charge in [0.1, 0.15) is 0 Å². The van der Waals surface area contributed by atoms with Crippen LogP contribution in [0.2, 0.25) is 0 Å². The second-order valence-electron chi connectivity index (χ2n) is 4.56. The van der Waals surface area contributed by atoms with Gasteiger partial charge in [-0.05, 0) is 18.5 Å². The number of benzene rings is 1. The Labute approximate surface area is 134 Å². The van der Waals surface area contributed by atoms with Crippen molar-refractivity contribution in [2.24, 2.45) is 0 Å². The first kappa shape index (κ1) is 20.3. The fraction of sp³-hybridized carbons (Fsp3) is 0.571. The summed E-state index contributed by atoms with van der Waals surface area (Å²) >= 11 is 0. The molecule has 0 spiro atoms. The quantitative estimate of drug-likeness (QED) is 0.640. The molecule has 21 heavy (non-hydrogen) atoms. The highest BCUT2D eigenvalue weighted by Gasteiger charge is 2.19. The molecule has 0 amide bonds. The van der Waals surface area contributed by atoms with E-state index >= 15 is 0 Å². The summed E-state index contributed by atoms with van der Waals surface area (Å²) in [4.78, 5) is 0. The largest absolute Gasteiger partial charge is 0.315 e. The van der Waals surface area contributed by atoms with Gasteiger partial charge in [-0.1, -0.05) is 44.2 Å². The van der Waals surface area contributed by atoms with Gasteiger partial charge in [0.15, 0.2) is 0 Å². The third kappa shape index (κ3) is 7.78. The van der Waals surface area contributed by atoms with Crippen molar-refractivity contribution >= 4 is 22.6 Å². The molecule has 1 aromatic rings. The molecule has 122 valence electrons. The Kier molecular flexibility index (Phi) is 10.6. The Morgan fingerprint density at radius 1 is 1.05 bits per heavy atom. The minimum atomic E-state index is -3.41. The van der Waals surface area contributed by atoms with Gasteiger partial charge in [0.2, 0.25) is 0 Å². The molecule has 0 heterocycles. The van der Waals surface area contributed by atoms with E-state index < -0.39 is 10.2 Å². The van der Waals surface area contributed by atoms with E-state index in [1.54, 1.807) is 0 Å². The maximum atomic E-state index is 12.2. The van der Waals surface area contributed by atoms with Gasteiger partial charge in [-0.25, -0.2) is 4.72 Å². The molecule has 1 aromatic carbocycles. The Balaban J connectivity index is 0.00000400. The second kappa shape index (κ2) is 11.0. The molecule has 0 radical (unpaired) electrons. The Morgan fingerprint density at radius 3 is 2.29 bits per heavy atom. The van der Waals surface area contributed by atoms with Crippen LogP contribution in [0.3, 0.4) is 0 Å². The average Bonchev–Trinajstić information content (AvgIpc) is 2.45. The summed E-state index contributed by atoms with van der Waals surface area (Å²) in [7, 11) is -3.41. The average molecular weight is 336 g/mol. The van der Waals surface area contributed by atoms with Crippen LogP contribution >= 0.6 is 12.4 Å². The molecule has 0 aliphatic rings. The van der Waals surface area contributed by atoms with E-state index in [1.807, 2.05) is 37.3 Å². The van der Waals surface area contributed by atoms with Crippen LogP contribution < -0.4 is 10.0 Å². The third-order valence-corrected chi connectivity index (χ3v) is 4.54. The molecule has 0 aliphatic carbocycles. The van der Waals surface area contributed by atoms with Gasteiger partial charge in [0.25, 0.3) is 10.2 Å². The summed E-state index contributed by atoms with van der Waals surface area (Å²) in [6.45, 7) is 6.74. The summed E-state index contributed by atoms with van der Waals surface area (Å²) in [5.74, 6) is 0. The van der Waals surface area contributed by atoms with E-state index in [0.717, 1.165) is 18.5 Å². The summed E-state index contributed by atoms with van der Waals surface area (Å²) in [5.41, 5.74) is 0.990. The minimum absolute atomic E-state index is 0. The van der Waals surface area contributed by atoms with Crippen molar-refractivity contribution in [1.29, 1.82) is 0 Å². The molecule has 5 nitrogen and oxygen atoms in total. The molecular formula is C14H26ClN3O2S. The monoisotopic (exact) mass is 335 g/mol. The lowest BCUT2D eigenvalue weighted by atomic mass is 10.2. The van der Waals surface area contributed by atoms with E-state index in [4.69, 9.17) is 0 Å². The highest BCUT2D eigenvalue weighted by molar-refractivity contribution is 7.87. The number of nitrogens with one attached hydrogen (secondary N) is 2. The first-order valence-electron chi connectivity index (χ1n) is 7.09. The van der Waals surface area contributed by atoms with Gasteiger partial charge in [-0.3, -0.25) is 0 Å². The van der Waals surface area contributed by atoms with E-state index in [-0.39, 0.29) is 12.4 Å². The lowest BCUT2D eigenvalue weighted by Crippen LogP contribution is -2.42. The Bertz CT molecular complexity index is 468. The number of hydrogen-bond acceptors (Lipinski definition) is 3. The van der Waals surface area contributed by atoms with Crippen LogP contribution in [0.15, 0.2) is 30.3 Å². The van der Waals surface area contributed by atoms with Crippen LogP contribution in [0, 0.1) is 0 Å². The summed E-state index contributed by atoms with van der Waals surface area (Å²) in [6.07, 6.45) is 1.04. The first-order valence-corrected chi connectivity index (χ1v) is 8.53. The lowest BCUT2D eigenvalue weighted by molar-refractivity contribution is 0.414. The maximum Gasteiger partial charge on any atom is 0.279 e. The normalized spacial score (nSPS) is 11.4. The topological polar surface area (TPSA) is 61.4 Å². The van der Waals surface area contributed by atoms with E-state index in [9.17, 15) is 8.42 Å². The zero-order valence-electron chi connectivity index (χ0n) is 12.7. The predicted octanol–water partition coefficient (Wildman–Crippen LogP) is 1.76. The smallest absolute Gasteiger partial charge is 0.279 e. The molecule has 7 heteroatoms. The van der Waals surface area contributed by atoms with Crippen LogP contribution in [-0.4, -0.2) is 38.9 Å². The van der Waals surface area contributed by atoms with Gasteiger partial charge in [0.05, 0.1) is 0 Å². The molecule has 0 saturated heterocycles. The predicted molar refractivity (Wildman–Crippen MR) is 89.9 cm³/mol. The molecule has 0 aliphatic heterocycles. The van der Waals surface area contributed by atoms with Crippen LogP contribution in [0.1, 0.15) is 25.8 Å². The molecular weight excluding hydrogens is 310 g/mol. The third-order valence-electron chi connectivity index (χ3n) is 2.91. The van der Waals surface area contributed by atoms with Gasteiger partial charge in [0, 0.05) is 26.2 Å². The highest BCUT2D eigenvalue weighted by Crippen LogP contribution is 2.07. The van der Waals surface area contributed by atoms with Crippen molar-refractivity contribution in [3.63, 3.8) is 0 Å². The number of nitrogens with zero attached hydrogens (tertiary/aromatic N) is 1. The number of hydrogen-bond donors (Lipinski definition) is 2. The van der Waals surface area contributed by atoms with E-state index in [0.29, 0.717) is 26.2 Å². The van der Waals surface area contributed by atoms with Gasteiger partial charge in [-0.2, -0.15) is 12.7 Å². The second-order valence-corrected chi connectivity index (χ2v) is 6.32. The molecule has 0 aromatic heterocycles. The molecule has 2 N–H and O–H groups in total. The lowest BCUT2D eigenvalue weighted by Gasteiger charge is -2.21. The van der Waals surface area contributed by atoms with Gasteiger partial charge in [-0.15, -0.1) is 12.4 Å². The maximum absolute atomic E-state index is 12.2. The van der Waals surface area contributed by atoms with Crippen molar-refractivity contribution in [2.45, 2.75) is 26.8 Å². The molecule has 0 fully saturated rings. The molecule has 0 unspecified atom stereocenters. The SMILES string of the molecule is CCCNCCNS(=O)(=O)N(CC)Cc1ccccc1.Cl. The standard InChI is InChI=1S/C14H25N3O2S.ClH/c1-3-10-15-11-12-16-20(18,19)17(4-2)13-14-8-6-5-7-9-14;/h5-9,15-16H,3-4,10-13H2,1-2H3;1H. The van der Waals surface area contributed by atoms with Crippen molar-refractivity contribution < 1.29 is 8.42 Å². The van der Waals surface area contributed by atoms with E-state index in [2.05, 4.69) is 17.0 Å². The van der Waals surface area contributed by atoms with Crippen molar-refractivity contribution in [3.8, 4) is 0 Å². The Hall–Kier alpha value is -0.660. The number of rotatable bonds is 10. The highest BCUT2D eigenvalue weighted by atomic mass is 35.5. The van der Waals surface area contributed by atoms with Gasteiger partial charge >= 0.3 is 0 Å². The first-order chi connectivity index (χ1) is 9.60. The summed E-state index contributed by atoms with van der Waals surface area (Å²) in [6, 6.07) is 9.61. The van der Waals surface area contributed by atoms with Crippen LogP contribution in [0.5, 0.6) is 0 Å². The van der Waals surface area contributed by atoms with Crippen LogP contribution in [0.25, 0.3) is 0 Å². The summed E-state index contributed by atoms with van der Waals surface area (Å²) in [5, 5.41) is 3.17. The summed E-state index contributed by atoms with van der Waals surface area (Å²) < 4.78 is 28.4. The zero-order valence-corrected chi connectivity index (χ0v) is 14.3. The zero-order chi connectivity index (χ0) is 14.8. The fourth-order valence-corrected chi connectivity index (χ4v) is 3.02. The molecule has 1 rings (SSSR count). The van der Waals surface area contributed by atoms with Crippen molar-refractivity contribution in [2.75, 3.05) is 26.2 Å². The van der Waals surface area contributed by atoms with Crippen molar-refractivity contribution in [1.82, 2.24) is 14.3 Å². The number of halogens is 1. The van der Waals surface area contributed by atoms with E-state index in [1.165, 1.54) is 4.31 Å². The van der Waals surface area contributed by atoms with Crippen LogP contribution in [-0.2, 0) is 16.8 Å². The van der Waals surface area contributed by atoms with Crippen molar-refractivity contribution in [3.05, 3.63) is 35.9 Å².